The Hall–Kier alpha value is 0.400. The molecule has 0 atom stereocenters. The second kappa shape index (κ2) is 13.4. The molecule has 0 spiro atoms. The molecule has 14 heavy (non-hydrogen) atoms. The number of hydrogen-bond donors (Lipinski definition) is 0. The van der Waals surface area contributed by atoms with Crippen molar-refractivity contribution in [1.82, 2.24) is 0 Å². The Morgan fingerprint density at radius 3 is 1.57 bits per heavy atom. The predicted molar refractivity (Wildman–Crippen MR) is 71.1 cm³/mol. The highest BCUT2D eigenvalue weighted by molar-refractivity contribution is 14.1. The van der Waals surface area contributed by atoms with Crippen LogP contribution in [-0.4, -0.2) is 10.7 Å². The molecule has 84 valence electrons. The molecule has 0 heterocycles. The van der Waals surface area contributed by atoms with Gasteiger partial charge in [-0.05, 0) is 17.3 Å². The van der Waals surface area contributed by atoms with Gasteiger partial charge in [-0.2, -0.15) is 0 Å². The predicted octanol–water partition coefficient (Wildman–Crippen LogP) is 4.52. The van der Waals surface area contributed by atoms with Crippen LogP contribution in [0.3, 0.4) is 0 Å². The molecule has 0 saturated carbocycles. The van der Waals surface area contributed by atoms with E-state index in [9.17, 15) is 4.79 Å². The summed E-state index contributed by atoms with van der Waals surface area (Å²) in [5.74, 6) is 0. The molecule has 0 aliphatic rings. The lowest BCUT2D eigenvalue weighted by Crippen LogP contribution is -1.82. The Labute approximate surface area is 102 Å². The van der Waals surface area contributed by atoms with Gasteiger partial charge >= 0.3 is 0 Å². The van der Waals surface area contributed by atoms with Gasteiger partial charge in [0.2, 0.25) is 0 Å². The number of halogens is 1. The fourth-order valence-electron chi connectivity index (χ4n) is 1.56. The first-order valence-corrected chi connectivity index (χ1v) is 7.44. The van der Waals surface area contributed by atoms with E-state index in [2.05, 4.69) is 22.6 Å². The smallest absolute Gasteiger partial charge is 0.119 e. The van der Waals surface area contributed by atoms with Gasteiger partial charge in [0.05, 0.1) is 0 Å². The minimum absolute atomic E-state index is 0.760. The Morgan fingerprint density at radius 1 is 0.714 bits per heavy atom. The fraction of sp³-hybridized carbons (Fsp3) is 0.917. The third-order valence-corrected chi connectivity index (χ3v) is 3.22. The standard InChI is InChI=1S/C12H23IO/c13-11-9-7-5-3-1-2-4-6-8-10-12-14/h12H,1-11H2. The van der Waals surface area contributed by atoms with E-state index in [0.717, 1.165) is 19.1 Å². The van der Waals surface area contributed by atoms with Gasteiger partial charge in [0.15, 0.2) is 0 Å². The van der Waals surface area contributed by atoms with Gasteiger partial charge in [-0.15, -0.1) is 0 Å². The van der Waals surface area contributed by atoms with Crippen LogP contribution in [0.1, 0.15) is 64.2 Å². The average Bonchev–Trinajstić information content (AvgIpc) is 2.21. The fourth-order valence-corrected chi connectivity index (χ4v) is 2.10. The summed E-state index contributed by atoms with van der Waals surface area (Å²) in [6.45, 7) is 0. The lowest BCUT2D eigenvalue weighted by Gasteiger charge is -2.00. The highest BCUT2D eigenvalue weighted by atomic mass is 127. The third-order valence-electron chi connectivity index (χ3n) is 2.46. The van der Waals surface area contributed by atoms with Crippen molar-refractivity contribution >= 4 is 28.9 Å². The molecule has 0 radical (unpaired) electrons. The second-order valence-electron chi connectivity index (χ2n) is 3.83. The molecule has 0 aromatic heterocycles. The number of carbonyl (C=O) groups excluding carboxylic acids is 1. The van der Waals surface area contributed by atoms with E-state index in [0.29, 0.717) is 0 Å². The summed E-state index contributed by atoms with van der Waals surface area (Å²) >= 11 is 2.45. The molecule has 0 bridgehead atoms. The summed E-state index contributed by atoms with van der Waals surface area (Å²) in [7, 11) is 0. The normalized spacial score (nSPS) is 10.4. The zero-order chi connectivity index (χ0) is 10.5. The molecule has 0 fully saturated rings. The SMILES string of the molecule is O=CCCCCCCCCCCCI. The van der Waals surface area contributed by atoms with Crippen LogP contribution in [0.2, 0.25) is 0 Å². The number of alkyl halides is 1. The topological polar surface area (TPSA) is 17.1 Å². The van der Waals surface area contributed by atoms with Gasteiger partial charge < -0.3 is 4.79 Å². The molecule has 0 amide bonds. The first-order chi connectivity index (χ1) is 6.91. The van der Waals surface area contributed by atoms with Crippen LogP contribution in [0.5, 0.6) is 0 Å². The summed E-state index contributed by atoms with van der Waals surface area (Å²) in [6.07, 6.45) is 13.8. The lowest BCUT2D eigenvalue weighted by molar-refractivity contribution is -0.107. The van der Waals surface area contributed by atoms with Crippen molar-refractivity contribution in [1.29, 1.82) is 0 Å². The zero-order valence-corrected chi connectivity index (χ0v) is 11.3. The number of aldehydes is 1. The molecular formula is C12H23IO. The van der Waals surface area contributed by atoms with Crippen LogP contribution in [0.25, 0.3) is 0 Å². The maximum atomic E-state index is 10.0. The summed E-state index contributed by atoms with van der Waals surface area (Å²) in [6, 6.07) is 0. The second-order valence-corrected chi connectivity index (χ2v) is 4.91. The Balaban J connectivity index is 2.81. The van der Waals surface area contributed by atoms with Crippen LogP contribution in [-0.2, 0) is 4.79 Å². The Kier molecular flexibility index (Phi) is 13.8. The molecule has 1 nitrogen and oxygen atoms in total. The molecule has 0 aromatic rings. The summed E-state index contributed by atoms with van der Waals surface area (Å²) in [4.78, 5) is 10.0. The summed E-state index contributed by atoms with van der Waals surface area (Å²) in [5, 5.41) is 0. The van der Waals surface area contributed by atoms with Crippen LogP contribution in [0, 0.1) is 0 Å². The van der Waals surface area contributed by atoms with E-state index in [1.807, 2.05) is 0 Å². The molecule has 0 rings (SSSR count). The molecule has 0 aromatic carbocycles. The monoisotopic (exact) mass is 310 g/mol. The maximum Gasteiger partial charge on any atom is 0.119 e. The number of unbranched alkanes of at least 4 members (excludes halogenated alkanes) is 9. The molecule has 2 heteroatoms. The van der Waals surface area contributed by atoms with Crippen LogP contribution in [0.4, 0.5) is 0 Å². The van der Waals surface area contributed by atoms with Crippen LogP contribution >= 0.6 is 22.6 Å². The highest BCUT2D eigenvalue weighted by Crippen LogP contribution is 2.10. The summed E-state index contributed by atoms with van der Waals surface area (Å²) in [5.41, 5.74) is 0. The van der Waals surface area contributed by atoms with Crippen molar-refractivity contribution < 1.29 is 4.79 Å². The quantitative estimate of drug-likeness (QED) is 0.237. The van der Waals surface area contributed by atoms with E-state index >= 15 is 0 Å². The van der Waals surface area contributed by atoms with E-state index in [4.69, 9.17) is 0 Å². The molecule has 0 aliphatic carbocycles. The van der Waals surface area contributed by atoms with Gasteiger partial charge in [0.25, 0.3) is 0 Å². The Morgan fingerprint density at radius 2 is 1.14 bits per heavy atom. The third kappa shape index (κ3) is 12.4. The van der Waals surface area contributed by atoms with Gasteiger partial charge in [-0.1, -0.05) is 67.5 Å². The van der Waals surface area contributed by atoms with Crippen LogP contribution < -0.4 is 0 Å². The average molecular weight is 310 g/mol. The van der Waals surface area contributed by atoms with Crippen molar-refractivity contribution in [3.63, 3.8) is 0 Å². The first-order valence-electron chi connectivity index (χ1n) is 5.91. The van der Waals surface area contributed by atoms with Crippen molar-refractivity contribution in [2.24, 2.45) is 0 Å². The van der Waals surface area contributed by atoms with Crippen molar-refractivity contribution in [3.8, 4) is 0 Å². The largest absolute Gasteiger partial charge is 0.303 e. The molecule has 0 aliphatic heterocycles. The lowest BCUT2D eigenvalue weighted by atomic mass is 10.1. The maximum absolute atomic E-state index is 10.0. The molecule has 0 N–H and O–H groups in total. The zero-order valence-electron chi connectivity index (χ0n) is 9.14. The number of hydrogen-bond acceptors (Lipinski definition) is 1. The van der Waals surface area contributed by atoms with E-state index in [1.54, 1.807) is 0 Å². The summed E-state index contributed by atoms with van der Waals surface area (Å²) < 4.78 is 1.31. The van der Waals surface area contributed by atoms with Gasteiger partial charge in [0.1, 0.15) is 6.29 Å². The molecular weight excluding hydrogens is 287 g/mol. The van der Waals surface area contributed by atoms with Crippen molar-refractivity contribution in [2.45, 2.75) is 64.2 Å². The van der Waals surface area contributed by atoms with Gasteiger partial charge in [0, 0.05) is 6.42 Å². The van der Waals surface area contributed by atoms with E-state index in [1.165, 1.54) is 55.8 Å². The number of rotatable bonds is 11. The van der Waals surface area contributed by atoms with Crippen molar-refractivity contribution in [2.75, 3.05) is 4.43 Å². The minimum Gasteiger partial charge on any atom is -0.303 e. The van der Waals surface area contributed by atoms with E-state index in [-0.39, 0.29) is 0 Å². The van der Waals surface area contributed by atoms with Crippen molar-refractivity contribution in [3.05, 3.63) is 0 Å². The highest BCUT2D eigenvalue weighted by Gasteiger charge is 1.91. The molecule has 0 unspecified atom stereocenters. The van der Waals surface area contributed by atoms with E-state index < -0.39 is 0 Å². The van der Waals surface area contributed by atoms with Gasteiger partial charge in [-0.3, -0.25) is 0 Å². The minimum atomic E-state index is 0.760. The van der Waals surface area contributed by atoms with Crippen LogP contribution in [0.15, 0.2) is 0 Å². The van der Waals surface area contributed by atoms with Gasteiger partial charge in [-0.25, -0.2) is 0 Å². The first kappa shape index (κ1) is 14.4. The Bertz CT molecular complexity index is 115. The number of carbonyl (C=O) groups is 1. The molecule has 0 saturated heterocycles.